The maximum absolute atomic E-state index is 12.3. The van der Waals surface area contributed by atoms with Gasteiger partial charge in [0.15, 0.2) is 0 Å². The molecule has 0 radical (unpaired) electrons. The van der Waals surface area contributed by atoms with E-state index in [0.29, 0.717) is 16.6 Å². The van der Waals surface area contributed by atoms with Gasteiger partial charge in [0.1, 0.15) is 11.3 Å². The third kappa shape index (κ3) is 4.18. The molecule has 0 aromatic heterocycles. The highest BCUT2D eigenvalue weighted by Gasteiger charge is 2.37. The number of sulfonamides is 1. The zero-order valence-electron chi connectivity index (χ0n) is 12.0. The Morgan fingerprint density at radius 2 is 2.10 bits per heavy atom. The number of carboxylic acid groups (broad SMARTS) is 1. The topological polar surface area (TPSA) is 92.7 Å². The van der Waals surface area contributed by atoms with E-state index >= 15 is 0 Å². The van der Waals surface area contributed by atoms with Gasteiger partial charge in [-0.15, -0.1) is 0 Å². The van der Waals surface area contributed by atoms with Crippen LogP contribution in [0.3, 0.4) is 0 Å². The minimum atomic E-state index is -3.95. The molecule has 0 saturated carbocycles. The molecule has 0 saturated heterocycles. The molecule has 0 aliphatic rings. The first-order valence-corrected chi connectivity index (χ1v) is 8.55. The molecule has 1 rings (SSSR count). The van der Waals surface area contributed by atoms with E-state index in [1.54, 1.807) is 6.92 Å². The van der Waals surface area contributed by atoms with Crippen LogP contribution in [0.1, 0.15) is 26.7 Å². The average molecular weight is 380 g/mol. The lowest BCUT2D eigenvalue weighted by atomic mass is 9.98. The second-order valence-electron chi connectivity index (χ2n) is 4.79. The molecule has 21 heavy (non-hydrogen) atoms. The first-order valence-electron chi connectivity index (χ1n) is 6.27. The van der Waals surface area contributed by atoms with Crippen molar-refractivity contribution in [2.45, 2.75) is 37.1 Å². The molecule has 1 aromatic carbocycles. The number of ether oxygens (including phenoxy) is 1. The van der Waals surface area contributed by atoms with Crippen molar-refractivity contribution in [1.29, 1.82) is 0 Å². The van der Waals surface area contributed by atoms with E-state index in [1.165, 1.54) is 32.2 Å². The van der Waals surface area contributed by atoms with E-state index in [9.17, 15) is 18.3 Å². The van der Waals surface area contributed by atoms with Gasteiger partial charge in [0, 0.05) is 0 Å². The van der Waals surface area contributed by atoms with Gasteiger partial charge in [-0.3, -0.25) is 4.79 Å². The van der Waals surface area contributed by atoms with Crippen LogP contribution in [0, 0.1) is 0 Å². The van der Waals surface area contributed by atoms with E-state index in [4.69, 9.17) is 4.74 Å². The number of halogens is 1. The van der Waals surface area contributed by atoms with Crippen molar-refractivity contribution in [3.63, 3.8) is 0 Å². The van der Waals surface area contributed by atoms with Crippen molar-refractivity contribution in [2.75, 3.05) is 7.11 Å². The fourth-order valence-electron chi connectivity index (χ4n) is 1.87. The van der Waals surface area contributed by atoms with Gasteiger partial charge in [-0.05, 0) is 47.5 Å². The standard InChI is InChI=1S/C13H18BrNO5S/c1-4-7-13(2,12(16)17)15-21(18,19)9-5-6-11(20-3)10(14)8-9/h5-6,8,15H,4,7H2,1-3H3,(H,16,17). The quantitative estimate of drug-likeness (QED) is 0.758. The normalized spacial score (nSPS) is 14.5. The summed E-state index contributed by atoms with van der Waals surface area (Å²) in [5, 5.41) is 9.25. The van der Waals surface area contributed by atoms with Crippen molar-refractivity contribution in [3.8, 4) is 5.75 Å². The van der Waals surface area contributed by atoms with Crippen molar-refractivity contribution in [2.24, 2.45) is 0 Å². The molecule has 6 nitrogen and oxygen atoms in total. The summed E-state index contributed by atoms with van der Waals surface area (Å²) in [6, 6.07) is 4.23. The van der Waals surface area contributed by atoms with Crippen molar-refractivity contribution < 1.29 is 23.1 Å². The minimum Gasteiger partial charge on any atom is -0.496 e. The molecule has 0 heterocycles. The van der Waals surface area contributed by atoms with Crippen LogP contribution in [-0.4, -0.2) is 32.1 Å². The largest absolute Gasteiger partial charge is 0.496 e. The van der Waals surface area contributed by atoms with Gasteiger partial charge in [0.25, 0.3) is 0 Å². The Morgan fingerprint density at radius 3 is 2.52 bits per heavy atom. The number of hydrogen-bond acceptors (Lipinski definition) is 4. The minimum absolute atomic E-state index is 0.0289. The highest BCUT2D eigenvalue weighted by atomic mass is 79.9. The van der Waals surface area contributed by atoms with Crippen LogP contribution in [0.25, 0.3) is 0 Å². The van der Waals surface area contributed by atoms with Crippen LogP contribution in [-0.2, 0) is 14.8 Å². The molecule has 0 aliphatic carbocycles. The average Bonchev–Trinajstić information content (AvgIpc) is 2.38. The highest BCUT2D eigenvalue weighted by molar-refractivity contribution is 9.10. The zero-order chi connectivity index (χ0) is 16.3. The number of carboxylic acids is 1. The van der Waals surface area contributed by atoms with Crippen LogP contribution in [0.15, 0.2) is 27.6 Å². The molecule has 0 spiro atoms. The maximum Gasteiger partial charge on any atom is 0.324 e. The lowest BCUT2D eigenvalue weighted by molar-refractivity contribution is -0.143. The number of hydrogen-bond donors (Lipinski definition) is 2. The summed E-state index contributed by atoms with van der Waals surface area (Å²) in [4.78, 5) is 11.3. The summed E-state index contributed by atoms with van der Waals surface area (Å²) in [5.41, 5.74) is -1.54. The highest BCUT2D eigenvalue weighted by Crippen LogP contribution is 2.28. The molecule has 1 aromatic rings. The lowest BCUT2D eigenvalue weighted by Gasteiger charge is -2.25. The number of carbonyl (C=O) groups is 1. The van der Waals surface area contributed by atoms with Crippen molar-refractivity contribution >= 4 is 31.9 Å². The second-order valence-corrected chi connectivity index (χ2v) is 7.33. The number of rotatable bonds is 7. The summed E-state index contributed by atoms with van der Waals surface area (Å²) in [6.45, 7) is 3.15. The molecule has 0 bridgehead atoms. The fraction of sp³-hybridized carbons (Fsp3) is 0.462. The van der Waals surface area contributed by atoms with E-state index in [-0.39, 0.29) is 11.3 Å². The number of aliphatic carboxylic acids is 1. The van der Waals surface area contributed by atoms with Gasteiger partial charge in [-0.25, -0.2) is 8.42 Å². The Hall–Kier alpha value is -1.12. The summed E-state index contributed by atoms with van der Waals surface area (Å²) >= 11 is 3.21. The maximum atomic E-state index is 12.3. The number of nitrogens with one attached hydrogen (secondary N) is 1. The molecule has 8 heteroatoms. The SMILES string of the molecule is CCCC(C)(NS(=O)(=O)c1ccc(OC)c(Br)c1)C(=O)O. The van der Waals surface area contributed by atoms with Crippen LogP contribution in [0.5, 0.6) is 5.75 Å². The van der Waals surface area contributed by atoms with E-state index < -0.39 is 21.5 Å². The Balaban J connectivity index is 3.16. The van der Waals surface area contributed by atoms with Gasteiger partial charge in [-0.1, -0.05) is 13.3 Å². The summed E-state index contributed by atoms with van der Waals surface area (Å²) in [7, 11) is -2.48. The van der Waals surface area contributed by atoms with Gasteiger partial charge < -0.3 is 9.84 Å². The Bertz CT molecular complexity index is 631. The zero-order valence-corrected chi connectivity index (χ0v) is 14.4. The molecule has 0 aliphatic heterocycles. The van der Waals surface area contributed by atoms with Gasteiger partial charge in [-0.2, -0.15) is 4.72 Å². The van der Waals surface area contributed by atoms with Crippen LogP contribution >= 0.6 is 15.9 Å². The smallest absolute Gasteiger partial charge is 0.324 e. The van der Waals surface area contributed by atoms with Gasteiger partial charge in [0.2, 0.25) is 10.0 Å². The van der Waals surface area contributed by atoms with Gasteiger partial charge >= 0.3 is 5.97 Å². The van der Waals surface area contributed by atoms with Crippen LogP contribution in [0.2, 0.25) is 0 Å². The van der Waals surface area contributed by atoms with Crippen LogP contribution < -0.4 is 9.46 Å². The Morgan fingerprint density at radius 1 is 1.48 bits per heavy atom. The summed E-state index contributed by atoms with van der Waals surface area (Å²) in [6.07, 6.45) is 0.733. The fourth-order valence-corrected chi connectivity index (χ4v) is 3.98. The molecular weight excluding hydrogens is 362 g/mol. The van der Waals surface area contributed by atoms with Crippen molar-refractivity contribution in [1.82, 2.24) is 4.72 Å². The molecule has 0 amide bonds. The molecule has 1 unspecified atom stereocenters. The predicted molar refractivity (Wildman–Crippen MR) is 82.0 cm³/mol. The monoisotopic (exact) mass is 379 g/mol. The third-order valence-electron chi connectivity index (χ3n) is 3.02. The Kier molecular flexibility index (Phi) is 5.77. The third-order valence-corrected chi connectivity index (χ3v) is 5.23. The molecular formula is C13H18BrNO5S. The lowest BCUT2D eigenvalue weighted by Crippen LogP contribution is -2.51. The van der Waals surface area contributed by atoms with Crippen LogP contribution in [0.4, 0.5) is 0 Å². The van der Waals surface area contributed by atoms with E-state index in [2.05, 4.69) is 20.7 Å². The molecule has 0 fully saturated rings. The summed E-state index contributed by atoms with van der Waals surface area (Å²) < 4.78 is 32.5. The molecule has 1 atom stereocenters. The summed E-state index contributed by atoms with van der Waals surface area (Å²) in [5.74, 6) is -0.719. The first kappa shape index (κ1) is 17.9. The first-order chi connectivity index (χ1) is 9.66. The molecule has 118 valence electrons. The second kappa shape index (κ2) is 6.76. The number of methoxy groups -OCH3 is 1. The van der Waals surface area contributed by atoms with Crippen molar-refractivity contribution in [3.05, 3.63) is 22.7 Å². The van der Waals surface area contributed by atoms with E-state index in [0.717, 1.165) is 0 Å². The Labute approximate surface area is 132 Å². The van der Waals surface area contributed by atoms with Gasteiger partial charge in [0.05, 0.1) is 16.5 Å². The van der Waals surface area contributed by atoms with E-state index in [1.807, 2.05) is 0 Å². The molecule has 2 N–H and O–H groups in total. The predicted octanol–water partition coefficient (Wildman–Crippen LogP) is 2.38. The number of benzene rings is 1.